The van der Waals surface area contributed by atoms with E-state index >= 15 is 0 Å². The summed E-state index contributed by atoms with van der Waals surface area (Å²) in [5.74, 6) is 0.0148. The number of ether oxygens (including phenoxy) is 2. The van der Waals surface area contributed by atoms with Gasteiger partial charge in [0.05, 0.1) is 18.8 Å². The molecule has 0 radical (unpaired) electrons. The molecule has 0 spiro atoms. The molecule has 3 aliphatic carbocycles. The Labute approximate surface area is 154 Å². The molecule has 26 heavy (non-hydrogen) atoms. The summed E-state index contributed by atoms with van der Waals surface area (Å²) in [5, 5.41) is 10.1. The Balaban J connectivity index is 1.61. The molecule has 0 aromatic heterocycles. The largest absolute Gasteiger partial charge is 0.512 e. The molecule has 6 heteroatoms. The number of carbonyl (C=O) groups is 2. The first-order chi connectivity index (χ1) is 12.6. The van der Waals surface area contributed by atoms with Crippen molar-refractivity contribution in [2.45, 2.75) is 70.4 Å². The van der Waals surface area contributed by atoms with Crippen LogP contribution >= 0.6 is 0 Å². The van der Waals surface area contributed by atoms with E-state index in [-0.39, 0.29) is 30.5 Å². The predicted octanol–water partition coefficient (Wildman–Crippen LogP) is 3.87. The predicted molar refractivity (Wildman–Crippen MR) is 96.6 cm³/mol. The Morgan fingerprint density at radius 1 is 1.15 bits per heavy atom. The summed E-state index contributed by atoms with van der Waals surface area (Å²) >= 11 is 0. The van der Waals surface area contributed by atoms with Gasteiger partial charge in [-0.25, -0.2) is 9.59 Å². The number of carbonyl (C=O) groups excluding carboxylic acids is 2. The molecule has 3 rings (SSSR count). The van der Waals surface area contributed by atoms with Gasteiger partial charge < -0.3 is 19.5 Å². The molecule has 1 fully saturated rings. The molecule has 6 nitrogen and oxygen atoms in total. The average Bonchev–Trinajstić information content (AvgIpc) is 3.47. The second-order valence-corrected chi connectivity index (χ2v) is 7.41. The molecule has 2 atom stereocenters. The molecule has 1 N–H and O–H groups in total. The van der Waals surface area contributed by atoms with E-state index in [2.05, 4.69) is 12.2 Å². The van der Waals surface area contributed by atoms with Crippen LogP contribution in [0.5, 0.6) is 0 Å². The lowest BCUT2D eigenvalue weighted by Gasteiger charge is -2.34. The fourth-order valence-electron chi connectivity index (χ4n) is 3.79. The number of aliphatic hydroxyl groups excluding tert-OH is 1. The fraction of sp³-hybridized carbons (Fsp3) is 0.700. The van der Waals surface area contributed by atoms with Gasteiger partial charge in [-0.2, -0.15) is 0 Å². The highest BCUT2D eigenvalue weighted by molar-refractivity contribution is 5.89. The topological polar surface area (TPSA) is 76.1 Å². The maximum absolute atomic E-state index is 12.7. The van der Waals surface area contributed by atoms with Gasteiger partial charge in [0.1, 0.15) is 5.76 Å². The lowest BCUT2D eigenvalue weighted by atomic mass is 9.92. The SMILES string of the molecule is CCOC(=O)C1=C(O)CCC(N(C(=O)OCC2CC=CCC2)C2CC2)C1. The summed E-state index contributed by atoms with van der Waals surface area (Å²) in [6.07, 6.45) is 10.4. The molecule has 0 aromatic rings. The van der Waals surface area contributed by atoms with Gasteiger partial charge in [-0.05, 0) is 51.4 Å². The Morgan fingerprint density at radius 2 is 1.96 bits per heavy atom. The average molecular weight is 363 g/mol. The maximum Gasteiger partial charge on any atom is 0.410 e. The van der Waals surface area contributed by atoms with Crippen molar-refractivity contribution in [3.05, 3.63) is 23.5 Å². The van der Waals surface area contributed by atoms with Gasteiger partial charge in [0.15, 0.2) is 0 Å². The number of aliphatic hydroxyl groups is 1. The highest BCUT2D eigenvalue weighted by Gasteiger charge is 2.41. The summed E-state index contributed by atoms with van der Waals surface area (Å²) in [6, 6.07) is 0.0824. The van der Waals surface area contributed by atoms with Gasteiger partial charge in [0, 0.05) is 24.9 Å². The van der Waals surface area contributed by atoms with Crippen LogP contribution in [0.25, 0.3) is 0 Å². The van der Waals surface area contributed by atoms with Crippen LogP contribution in [-0.2, 0) is 14.3 Å². The van der Waals surface area contributed by atoms with Crippen LogP contribution < -0.4 is 0 Å². The Hall–Kier alpha value is -1.98. The maximum atomic E-state index is 12.7. The van der Waals surface area contributed by atoms with Crippen molar-refractivity contribution in [1.29, 1.82) is 0 Å². The van der Waals surface area contributed by atoms with Crippen molar-refractivity contribution >= 4 is 12.1 Å². The van der Waals surface area contributed by atoms with E-state index in [9.17, 15) is 14.7 Å². The quantitative estimate of drug-likeness (QED) is 0.573. The molecule has 3 aliphatic rings. The Bertz CT molecular complexity index is 593. The van der Waals surface area contributed by atoms with E-state index in [1.165, 1.54) is 0 Å². The van der Waals surface area contributed by atoms with Gasteiger partial charge in [0.2, 0.25) is 0 Å². The highest BCUT2D eigenvalue weighted by atomic mass is 16.6. The van der Waals surface area contributed by atoms with E-state index in [4.69, 9.17) is 9.47 Å². The standard InChI is InChI=1S/C20H29NO5/c1-2-25-19(23)17-12-16(10-11-18(17)22)21(15-8-9-15)20(24)26-13-14-6-4-3-5-7-14/h3-4,14-16,22H,2,5-13H2,1H3. The first-order valence-electron chi connectivity index (χ1n) is 9.78. The third-order valence-corrected chi connectivity index (χ3v) is 5.39. The van der Waals surface area contributed by atoms with Crippen molar-refractivity contribution in [2.24, 2.45) is 5.92 Å². The molecular formula is C20H29NO5. The molecular weight excluding hydrogens is 334 g/mol. The van der Waals surface area contributed by atoms with E-state index in [1.807, 2.05) is 4.90 Å². The van der Waals surface area contributed by atoms with Crippen LogP contribution in [0.1, 0.15) is 58.3 Å². The first-order valence-corrected chi connectivity index (χ1v) is 9.78. The van der Waals surface area contributed by atoms with E-state index in [1.54, 1.807) is 6.92 Å². The summed E-state index contributed by atoms with van der Waals surface area (Å²) in [7, 11) is 0. The van der Waals surface area contributed by atoms with E-state index in [0.717, 1.165) is 32.1 Å². The zero-order valence-electron chi connectivity index (χ0n) is 15.5. The van der Waals surface area contributed by atoms with Crippen molar-refractivity contribution in [3.63, 3.8) is 0 Å². The zero-order chi connectivity index (χ0) is 18.5. The van der Waals surface area contributed by atoms with E-state index < -0.39 is 5.97 Å². The lowest BCUT2D eigenvalue weighted by Crippen LogP contribution is -2.44. The van der Waals surface area contributed by atoms with Crippen LogP contribution in [-0.4, -0.2) is 47.4 Å². The van der Waals surface area contributed by atoms with E-state index in [0.29, 0.717) is 37.4 Å². The van der Waals surface area contributed by atoms with Crippen molar-refractivity contribution in [3.8, 4) is 0 Å². The molecule has 0 aromatic carbocycles. The summed E-state index contributed by atoms with van der Waals surface area (Å²) < 4.78 is 10.7. The van der Waals surface area contributed by atoms with Crippen LogP contribution in [0.4, 0.5) is 4.79 Å². The highest BCUT2D eigenvalue weighted by Crippen LogP contribution is 2.36. The molecule has 1 amide bonds. The van der Waals surface area contributed by atoms with Crippen LogP contribution in [0.3, 0.4) is 0 Å². The van der Waals surface area contributed by atoms with Gasteiger partial charge in [-0.15, -0.1) is 0 Å². The molecule has 0 heterocycles. The minimum atomic E-state index is -0.479. The minimum Gasteiger partial charge on any atom is -0.512 e. The van der Waals surface area contributed by atoms with Gasteiger partial charge in [-0.1, -0.05) is 12.2 Å². The third-order valence-electron chi connectivity index (χ3n) is 5.39. The molecule has 0 saturated heterocycles. The number of hydrogen-bond donors (Lipinski definition) is 1. The number of hydrogen-bond acceptors (Lipinski definition) is 5. The second kappa shape index (κ2) is 8.60. The molecule has 0 aliphatic heterocycles. The number of esters is 1. The normalized spacial score (nSPS) is 25.7. The second-order valence-electron chi connectivity index (χ2n) is 7.41. The van der Waals surface area contributed by atoms with Gasteiger partial charge in [0.25, 0.3) is 0 Å². The number of amides is 1. The van der Waals surface area contributed by atoms with Crippen molar-refractivity contribution < 1.29 is 24.2 Å². The summed E-state index contributed by atoms with van der Waals surface area (Å²) in [6.45, 7) is 2.46. The Kier molecular flexibility index (Phi) is 6.22. The number of allylic oxidation sites excluding steroid dienone is 3. The fourth-order valence-corrected chi connectivity index (χ4v) is 3.79. The molecule has 0 bridgehead atoms. The van der Waals surface area contributed by atoms with Crippen molar-refractivity contribution in [2.75, 3.05) is 13.2 Å². The third kappa shape index (κ3) is 4.59. The van der Waals surface area contributed by atoms with Crippen LogP contribution in [0.15, 0.2) is 23.5 Å². The van der Waals surface area contributed by atoms with Gasteiger partial charge >= 0.3 is 12.1 Å². The monoisotopic (exact) mass is 363 g/mol. The van der Waals surface area contributed by atoms with Crippen LogP contribution in [0, 0.1) is 5.92 Å². The molecule has 1 saturated carbocycles. The minimum absolute atomic E-state index is 0.0952. The Morgan fingerprint density at radius 3 is 2.62 bits per heavy atom. The number of rotatable bonds is 6. The summed E-state index contributed by atoms with van der Waals surface area (Å²) in [4.78, 5) is 26.6. The van der Waals surface area contributed by atoms with Crippen molar-refractivity contribution in [1.82, 2.24) is 4.90 Å². The zero-order valence-corrected chi connectivity index (χ0v) is 15.5. The summed E-state index contributed by atoms with van der Waals surface area (Å²) in [5.41, 5.74) is 0.305. The molecule has 144 valence electrons. The number of nitrogens with zero attached hydrogens (tertiary/aromatic N) is 1. The smallest absolute Gasteiger partial charge is 0.410 e. The molecule has 2 unspecified atom stereocenters. The van der Waals surface area contributed by atoms with Gasteiger partial charge in [-0.3, -0.25) is 0 Å². The van der Waals surface area contributed by atoms with Crippen LogP contribution in [0.2, 0.25) is 0 Å². The lowest BCUT2D eigenvalue weighted by molar-refractivity contribution is -0.139. The first kappa shape index (κ1) is 18.8.